The third kappa shape index (κ3) is 3.73. The number of para-hydroxylation sites is 1. The summed E-state index contributed by atoms with van der Waals surface area (Å²) in [4.78, 5) is 12.4. The first kappa shape index (κ1) is 17.2. The van der Waals surface area contributed by atoms with Crippen LogP contribution in [0.1, 0.15) is 37.3 Å². The van der Waals surface area contributed by atoms with E-state index in [1.807, 2.05) is 45.3 Å². The van der Waals surface area contributed by atoms with Gasteiger partial charge in [-0.3, -0.25) is 4.79 Å². The first-order chi connectivity index (χ1) is 12.0. The molecule has 130 valence electrons. The second-order valence-electron chi connectivity index (χ2n) is 6.75. The number of hydrogen-bond donors (Lipinski definition) is 1. The summed E-state index contributed by atoms with van der Waals surface area (Å²) in [7, 11) is 1.99. The summed E-state index contributed by atoms with van der Waals surface area (Å²) < 4.78 is 15.9. The molecule has 4 heteroatoms. The standard InChI is InChI=1S/C21H23FN2O/c1-14(2)23-21(25)12-18(15-7-6-8-16(22)11-15)19-13-24(3)20-10-5-4-9-17(19)20/h4-11,13-14,18H,12H2,1-3H3,(H,23,25). The van der Waals surface area contributed by atoms with Gasteiger partial charge in [0.15, 0.2) is 0 Å². The first-order valence-corrected chi connectivity index (χ1v) is 8.54. The molecule has 3 nitrogen and oxygen atoms in total. The summed E-state index contributed by atoms with van der Waals surface area (Å²) in [6, 6.07) is 14.7. The predicted molar refractivity (Wildman–Crippen MR) is 99.1 cm³/mol. The van der Waals surface area contributed by atoms with E-state index in [4.69, 9.17) is 0 Å². The number of hydrogen-bond acceptors (Lipinski definition) is 1. The second-order valence-corrected chi connectivity index (χ2v) is 6.75. The number of aryl methyl sites for hydroxylation is 1. The van der Waals surface area contributed by atoms with Crippen LogP contribution in [0, 0.1) is 5.82 Å². The molecule has 0 aliphatic rings. The molecule has 0 radical (unpaired) electrons. The summed E-state index contributed by atoms with van der Waals surface area (Å²) in [6.07, 6.45) is 2.33. The molecule has 0 saturated carbocycles. The van der Waals surface area contributed by atoms with Gasteiger partial charge in [0.2, 0.25) is 5.91 Å². The number of nitrogens with zero attached hydrogens (tertiary/aromatic N) is 1. The SMILES string of the molecule is CC(C)NC(=O)CC(c1cccc(F)c1)c1cn(C)c2ccccc12. The first-order valence-electron chi connectivity index (χ1n) is 8.54. The zero-order chi connectivity index (χ0) is 18.0. The van der Waals surface area contributed by atoms with Crippen LogP contribution < -0.4 is 5.32 Å². The topological polar surface area (TPSA) is 34.0 Å². The molecule has 1 N–H and O–H groups in total. The number of halogens is 1. The largest absolute Gasteiger partial charge is 0.354 e. The Labute approximate surface area is 147 Å². The van der Waals surface area contributed by atoms with Crippen molar-refractivity contribution in [2.75, 3.05) is 0 Å². The van der Waals surface area contributed by atoms with Gasteiger partial charge in [-0.15, -0.1) is 0 Å². The molecule has 3 aromatic rings. The molecular weight excluding hydrogens is 315 g/mol. The van der Waals surface area contributed by atoms with Crippen LogP contribution in [0.4, 0.5) is 4.39 Å². The van der Waals surface area contributed by atoms with E-state index in [2.05, 4.69) is 22.0 Å². The van der Waals surface area contributed by atoms with Crippen LogP contribution in [0.25, 0.3) is 10.9 Å². The zero-order valence-corrected chi connectivity index (χ0v) is 14.8. The summed E-state index contributed by atoms with van der Waals surface area (Å²) in [5.41, 5.74) is 2.96. The third-order valence-corrected chi connectivity index (χ3v) is 4.39. The van der Waals surface area contributed by atoms with E-state index in [9.17, 15) is 9.18 Å². The Hall–Kier alpha value is -2.62. The molecule has 0 fully saturated rings. The summed E-state index contributed by atoms with van der Waals surface area (Å²) in [6.45, 7) is 3.88. The number of carbonyl (C=O) groups is 1. The smallest absolute Gasteiger partial charge is 0.221 e. The Kier molecular flexibility index (Phi) is 4.88. The van der Waals surface area contributed by atoms with Crippen molar-refractivity contribution < 1.29 is 9.18 Å². The number of fused-ring (bicyclic) bond motifs is 1. The Morgan fingerprint density at radius 3 is 2.64 bits per heavy atom. The average Bonchev–Trinajstić information content (AvgIpc) is 2.89. The molecule has 0 saturated heterocycles. The minimum atomic E-state index is -0.285. The number of amides is 1. The fraction of sp³-hybridized carbons (Fsp3) is 0.286. The van der Waals surface area contributed by atoms with Gasteiger partial charge in [-0.2, -0.15) is 0 Å². The van der Waals surface area contributed by atoms with Crippen molar-refractivity contribution in [3.63, 3.8) is 0 Å². The molecule has 0 bridgehead atoms. The molecular formula is C21H23FN2O. The van der Waals surface area contributed by atoms with E-state index >= 15 is 0 Å². The Bertz CT molecular complexity index is 898. The highest BCUT2D eigenvalue weighted by molar-refractivity contribution is 5.86. The van der Waals surface area contributed by atoms with Gasteiger partial charge in [0.1, 0.15) is 5.82 Å². The molecule has 1 amide bonds. The summed E-state index contributed by atoms with van der Waals surface area (Å²) >= 11 is 0. The van der Waals surface area contributed by atoms with Gasteiger partial charge in [-0.1, -0.05) is 30.3 Å². The maximum absolute atomic E-state index is 13.8. The lowest BCUT2D eigenvalue weighted by Crippen LogP contribution is -2.31. The molecule has 1 atom stereocenters. The molecule has 25 heavy (non-hydrogen) atoms. The lowest BCUT2D eigenvalue weighted by molar-refractivity contribution is -0.121. The number of rotatable bonds is 5. The van der Waals surface area contributed by atoms with Gasteiger partial charge in [-0.05, 0) is 43.2 Å². The minimum Gasteiger partial charge on any atom is -0.354 e. The van der Waals surface area contributed by atoms with Crippen LogP contribution in [0.5, 0.6) is 0 Å². The van der Waals surface area contributed by atoms with Gasteiger partial charge in [-0.25, -0.2) is 4.39 Å². The monoisotopic (exact) mass is 338 g/mol. The van der Waals surface area contributed by atoms with E-state index in [1.54, 1.807) is 6.07 Å². The summed E-state index contributed by atoms with van der Waals surface area (Å²) in [5, 5.41) is 4.04. The quantitative estimate of drug-likeness (QED) is 0.737. The van der Waals surface area contributed by atoms with Crippen LogP contribution in [0.3, 0.4) is 0 Å². The van der Waals surface area contributed by atoms with Crippen LogP contribution in [-0.4, -0.2) is 16.5 Å². The van der Waals surface area contributed by atoms with E-state index < -0.39 is 0 Å². The molecule has 0 aliphatic carbocycles. The van der Waals surface area contributed by atoms with Crippen molar-refractivity contribution >= 4 is 16.8 Å². The summed E-state index contributed by atoms with van der Waals surface area (Å²) in [5.74, 6) is -0.509. The van der Waals surface area contributed by atoms with E-state index in [0.717, 1.165) is 22.0 Å². The highest BCUT2D eigenvalue weighted by atomic mass is 19.1. The van der Waals surface area contributed by atoms with E-state index in [-0.39, 0.29) is 30.1 Å². The van der Waals surface area contributed by atoms with Gasteiger partial charge in [0, 0.05) is 42.5 Å². The number of nitrogens with one attached hydrogen (secondary N) is 1. The van der Waals surface area contributed by atoms with Crippen molar-refractivity contribution in [1.82, 2.24) is 9.88 Å². The van der Waals surface area contributed by atoms with Crippen LogP contribution in [0.15, 0.2) is 54.7 Å². The van der Waals surface area contributed by atoms with Crippen LogP contribution in [-0.2, 0) is 11.8 Å². The number of benzene rings is 2. The van der Waals surface area contributed by atoms with Crippen LogP contribution in [0.2, 0.25) is 0 Å². The fourth-order valence-electron chi connectivity index (χ4n) is 3.35. The van der Waals surface area contributed by atoms with E-state index in [1.165, 1.54) is 12.1 Å². The Morgan fingerprint density at radius 2 is 1.92 bits per heavy atom. The second kappa shape index (κ2) is 7.09. The molecule has 1 heterocycles. The number of aromatic nitrogens is 1. The highest BCUT2D eigenvalue weighted by Gasteiger charge is 2.22. The average molecular weight is 338 g/mol. The van der Waals surface area contributed by atoms with Crippen molar-refractivity contribution in [3.05, 3.63) is 71.7 Å². The van der Waals surface area contributed by atoms with Crippen molar-refractivity contribution in [3.8, 4) is 0 Å². The molecule has 1 aromatic heterocycles. The van der Waals surface area contributed by atoms with Crippen molar-refractivity contribution in [2.45, 2.75) is 32.2 Å². The normalized spacial score (nSPS) is 12.5. The lowest BCUT2D eigenvalue weighted by Gasteiger charge is -2.18. The predicted octanol–water partition coefficient (Wildman–Crippen LogP) is 4.36. The maximum Gasteiger partial charge on any atom is 0.221 e. The van der Waals surface area contributed by atoms with Gasteiger partial charge < -0.3 is 9.88 Å². The van der Waals surface area contributed by atoms with Gasteiger partial charge in [0.25, 0.3) is 0 Å². The van der Waals surface area contributed by atoms with Gasteiger partial charge in [0.05, 0.1) is 0 Å². The molecule has 0 aliphatic heterocycles. The zero-order valence-electron chi connectivity index (χ0n) is 14.8. The van der Waals surface area contributed by atoms with Crippen LogP contribution >= 0.6 is 0 Å². The fourth-order valence-corrected chi connectivity index (χ4v) is 3.35. The van der Waals surface area contributed by atoms with Gasteiger partial charge >= 0.3 is 0 Å². The highest BCUT2D eigenvalue weighted by Crippen LogP contribution is 2.34. The molecule has 0 spiro atoms. The van der Waals surface area contributed by atoms with E-state index in [0.29, 0.717) is 0 Å². The maximum atomic E-state index is 13.8. The molecule has 2 aromatic carbocycles. The third-order valence-electron chi connectivity index (χ3n) is 4.39. The van der Waals surface area contributed by atoms with Crippen molar-refractivity contribution in [1.29, 1.82) is 0 Å². The molecule has 1 unspecified atom stereocenters. The Morgan fingerprint density at radius 1 is 1.16 bits per heavy atom. The minimum absolute atomic E-state index is 0.0304. The number of carbonyl (C=O) groups excluding carboxylic acids is 1. The van der Waals surface area contributed by atoms with Crippen molar-refractivity contribution in [2.24, 2.45) is 7.05 Å². The Balaban J connectivity index is 2.08. The lowest BCUT2D eigenvalue weighted by atomic mass is 9.88. The molecule has 3 rings (SSSR count).